The van der Waals surface area contributed by atoms with Gasteiger partial charge in [-0.15, -0.1) is 0 Å². The lowest BCUT2D eigenvalue weighted by Crippen LogP contribution is -2.47. The first-order valence-corrected chi connectivity index (χ1v) is 7.71. The maximum atomic E-state index is 5.68. The minimum atomic E-state index is 0.564. The van der Waals surface area contributed by atoms with Crippen LogP contribution < -0.4 is 10.2 Å². The molecule has 3 nitrogen and oxygen atoms in total. The van der Waals surface area contributed by atoms with Crippen LogP contribution in [-0.2, 0) is 4.74 Å². The van der Waals surface area contributed by atoms with Gasteiger partial charge in [0.05, 0.1) is 6.61 Å². The van der Waals surface area contributed by atoms with Crippen molar-refractivity contribution in [3.63, 3.8) is 0 Å². The molecular weight excluding hydrogens is 248 g/mol. The Hall–Kier alpha value is -1.06. The SMILES string of the molecule is CCNC1CCOCC1CN(C)c1ccc(C)cc1C. The molecule has 0 bridgehead atoms. The minimum Gasteiger partial charge on any atom is -0.381 e. The zero-order valence-corrected chi connectivity index (χ0v) is 13.3. The minimum absolute atomic E-state index is 0.564. The van der Waals surface area contributed by atoms with E-state index < -0.39 is 0 Å². The first kappa shape index (κ1) is 15.3. The topological polar surface area (TPSA) is 24.5 Å². The Morgan fingerprint density at radius 1 is 1.35 bits per heavy atom. The van der Waals surface area contributed by atoms with Crippen LogP contribution in [0.2, 0.25) is 0 Å². The summed E-state index contributed by atoms with van der Waals surface area (Å²) >= 11 is 0. The van der Waals surface area contributed by atoms with Crippen LogP contribution in [-0.4, -0.2) is 39.4 Å². The monoisotopic (exact) mass is 276 g/mol. The van der Waals surface area contributed by atoms with Crippen molar-refractivity contribution >= 4 is 5.69 Å². The molecule has 1 N–H and O–H groups in total. The molecule has 1 aromatic carbocycles. The van der Waals surface area contributed by atoms with Crippen molar-refractivity contribution in [3.8, 4) is 0 Å². The Balaban J connectivity index is 2.03. The number of aryl methyl sites for hydroxylation is 2. The van der Waals surface area contributed by atoms with E-state index in [2.05, 4.69) is 56.2 Å². The van der Waals surface area contributed by atoms with Crippen LogP contribution in [0.3, 0.4) is 0 Å². The zero-order chi connectivity index (χ0) is 14.5. The van der Waals surface area contributed by atoms with Crippen LogP contribution in [0.5, 0.6) is 0 Å². The summed E-state index contributed by atoms with van der Waals surface area (Å²) in [6.07, 6.45) is 1.12. The summed E-state index contributed by atoms with van der Waals surface area (Å²) in [4.78, 5) is 2.37. The third kappa shape index (κ3) is 3.74. The van der Waals surface area contributed by atoms with Gasteiger partial charge in [0.1, 0.15) is 0 Å². The Labute approximate surface area is 123 Å². The Kier molecular flexibility index (Phi) is 5.44. The average Bonchev–Trinajstić information content (AvgIpc) is 2.41. The summed E-state index contributed by atoms with van der Waals surface area (Å²) in [5.41, 5.74) is 4.01. The van der Waals surface area contributed by atoms with Crippen molar-refractivity contribution in [3.05, 3.63) is 29.3 Å². The van der Waals surface area contributed by atoms with Crippen molar-refractivity contribution < 1.29 is 4.74 Å². The molecule has 2 atom stereocenters. The molecule has 1 fully saturated rings. The summed E-state index contributed by atoms with van der Waals surface area (Å²) < 4.78 is 5.68. The molecule has 1 aliphatic heterocycles. The van der Waals surface area contributed by atoms with E-state index in [1.54, 1.807) is 0 Å². The van der Waals surface area contributed by atoms with Crippen molar-refractivity contribution in [2.24, 2.45) is 5.92 Å². The van der Waals surface area contributed by atoms with Gasteiger partial charge in [-0.25, -0.2) is 0 Å². The maximum Gasteiger partial charge on any atom is 0.0526 e. The van der Waals surface area contributed by atoms with Gasteiger partial charge in [-0.05, 0) is 38.4 Å². The summed E-state index contributed by atoms with van der Waals surface area (Å²) in [5.74, 6) is 0.564. The summed E-state index contributed by atoms with van der Waals surface area (Å²) in [7, 11) is 2.19. The molecule has 1 saturated heterocycles. The van der Waals surface area contributed by atoms with Crippen molar-refractivity contribution in [1.29, 1.82) is 0 Å². The van der Waals surface area contributed by atoms with Crippen LogP contribution in [0.25, 0.3) is 0 Å². The van der Waals surface area contributed by atoms with Gasteiger partial charge < -0.3 is 15.0 Å². The van der Waals surface area contributed by atoms with Crippen LogP contribution in [0, 0.1) is 19.8 Å². The Morgan fingerprint density at radius 3 is 2.85 bits per heavy atom. The van der Waals surface area contributed by atoms with Gasteiger partial charge in [0.15, 0.2) is 0 Å². The molecule has 1 heterocycles. The predicted octanol–water partition coefficient (Wildman–Crippen LogP) is 2.75. The van der Waals surface area contributed by atoms with E-state index in [0.29, 0.717) is 12.0 Å². The molecule has 0 radical (unpaired) electrons. The molecule has 0 amide bonds. The Bertz CT molecular complexity index is 431. The summed E-state index contributed by atoms with van der Waals surface area (Å²) in [6.45, 7) is 10.4. The van der Waals surface area contributed by atoms with Crippen molar-refractivity contribution in [1.82, 2.24) is 5.32 Å². The second kappa shape index (κ2) is 7.09. The highest BCUT2D eigenvalue weighted by atomic mass is 16.5. The smallest absolute Gasteiger partial charge is 0.0526 e. The molecule has 0 aliphatic carbocycles. The highest BCUT2D eigenvalue weighted by Crippen LogP contribution is 2.23. The van der Waals surface area contributed by atoms with E-state index >= 15 is 0 Å². The number of benzene rings is 1. The molecule has 112 valence electrons. The largest absolute Gasteiger partial charge is 0.381 e. The van der Waals surface area contributed by atoms with Crippen LogP contribution in [0.15, 0.2) is 18.2 Å². The van der Waals surface area contributed by atoms with E-state index in [4.69, 9.17) is 4.74 Å². The molecule has 0 aromatic heterocycles. The van der Waals surface area contributed by atoms with Gasteiger partial charge in [0.2, 0.25) is 0 Å². The fourth-order valence-corrected chi connectivity index (χ4v) is 3.19. The lowest BCUT2D eigenvalue weighted by molar-refractivity contribution is 0.0355. The molecular formula is C17H28N2O. The van der Waals surface area contributed by atoms with Gasteiger partial charge >= 0.3 is 0 Å². The molecule has 2 unspecified atom stereocenters. The molecule has 3 heteroatoms. The van der Waals surface area contributed by atoms with Crippen LogP contribution in [0.4, 0.5) is 5.69 Å². The molecule has 1 aliphatic rings. The fourth-order valence-electron chi connectivity index (χ4n) is 3.19. The molecule has 20 heavy (non-hydrogen) atoms. The van der Waals surface area contributed by atoms with Gasteiger partial charge in [0, 0.05) is 37.8 Å². The number of nitrogens with one attached hydrogen (secondary N) is 1. The van der Waals surface area contributed by atoms with Crippen molar-refractivity contribution in [2.75, 3.05) is 38.3 Å². The zero-order valence-electron chi connectivity index (χ0n) is 13.3. The van der Waals surface area contributed by atoms with Crippen LogP contribution >= 0.6 is 0 Å². The standard InChI is InChI=1S/C17H28N2O/c1-5-18-16-8-9-20-12-15(16)11-19(4)17-7-6-13(2)10-14(17)3/h6-7,10,15-16,18H,5,8-9,11-12H2,1-4H3. The van der Waals surface area contributed by atoms with E-state index in [0.717, 1.165) is 32.7 Å². The van der Waals surface area contributed by atoms with E-state index in [-0.39, 0.29) is 0 Å². The van der Waals surface area contributed by atoms with E-state index in [1.165, 1.54) is 16.8 Å². The van der Waals surface area contributed by atoms with Gasteiger partial charge in [-0.3, -0.25) is 0 Å². The molecule has 0 spiro atoms. The first-order valence-electron chi connectivity index (χ1n) is 7.71. The number of hydrogen-bond donors (Lipinski definition) is 1. The second-order valence-corrected chi connectivity index (χ2v) is 5.96. The summed E-state index contributed by atoms with van der Waals surface area (Å²) in [6, 6.07) is 7.27. The normalized spacial score (nSPS) is 22.8. The lowest BCUT2D eigenvalue weighted by Gasteiger charge is -2.35. The van der Waals surface area contributed by atoms with E-state index in [9.17, 15) is 0 Å². The maximum absolute atomic E-state index is 5.68. The lowest BCUT2D eigenvalue weighted by atomic mass is 9.94. The van der Waals surface area contributed by atoms with Gasteiger partial charge in [0.25, 0.3) is 0 Å². The highest BCUT2D eigenvalue weighted by Gasteiger charge is 2.26. The summed E-state index contributed by atoms with van der Waals surface area (Å²) in [5, 5.41) is 3.61. The van der Waals surface area contributed by atoms with Gasteiger partial charge in [-0.1, -0.05) is 24.6 Å². The van der Waals surface area contributed by atoms with Gasteiger partial charge in [-0.2, -0.15) is 0 Å². The molecule has 0 saturated carbocycles. The first-order chi connectivity index (χ1) is 9.61. The Morgan fingerprint density at radius 2 is 2.15 bits per heavy atom. The fraction of sp³-hybridized carbons (Fsp3) is 0.647. The predicted molar refractivity (Wildman–Crippen MR) is 85.6 cm³/mol. The number of rotatable bonds is 5. The van der Waals surface area contributed by atoms with Crippen molar-refractivity contribution in [2.45, 2.75) is 33.2 Å². The third-order valence-corrected chi connectivity index (χ3v) is 4.21. The number of nitrogens with zero attached hydrogens (tertiary/aromatic N) is 1. The molecule has 2 rings (SSSR count). The highest BCUT2D eigenvalue weighted by molar-refractivity contribution is 5.53. The van der Waals surface area contributed by atoms with E-state index in [1.807, 2.05) is 0 Å². The third-order valence-electron chi connectivity index (χ3n) is 4.21. The second-order valence-electron chi connectivity index (χ2n) is 5.96. The van der Waals surface area contributed by atoms with Crippen LogP contribution in [0.1, 0.15) is 24.5 Å². The number of ether oxygens (including phenoxy) is 1. The number of hydrogen-bond acceptors (Lipinski definition) is 3. The number of anilines is 1. The quantitative estimate of drug-likeness (QED) is 0.895. The molecule has 1 aromatic rings. The average molecular weight is 276 g/mol.